The second kappa shape index (κ2) is 11.7. The van der Waals surface area contributed by atoms with Crippen LogP contribution in [0.2, 0.25) is 0 Å². The third-order valence-electron chi connectivity index (χ3n) is 10.0. The van der Waals surface area contributed by atoms with E-state index in [1.54, 1.807) is 17.0 Å². The molecule has 9 nitrogen and oxygen atoms in total. The lowest BCUT2D eigenvalue weighted by Gasteiger charge is -2.43. The minimum atomic E-state index is -4.87. The topological polar surface area (TPSA) is 133 Å². The Morgan fingerprint density at radius 2 is 1.41 bits per heavy atom. The number of hydrogen-bond donors (Lipinski definition) is 3. The quantitative estimate of drug-likeness (QED) is 0.103. The average Bonchev–Trinajstić information content (AvgIpc) is 3.58. The number of carbonyl (C=O) groups excluding carboxylic acids is 2. The molecule has 4 aromatic carbocycles. The minimum absolute atomic E-state index is 0.00104. The number of amides is 2. The summed E-state index contributed by atoms with van der Waals surface area (Å²) in [7, 11) is -4.87. The van der Waals surface area contributed by atoms with Gasteiger partial charge < -0.3 is 20.1 Å². The predicted molar refractivity (Wildman–Crippen MR) is 182 cm³/mol. The summed E-state index contributed by atoms with van der Waals surface area (Å²) in [5.41, 5.74) is 9.59. The number of fused-ring (bicyclic) bond motifs is 6. The fraction of sp³-hybridized carbons (Fsp3) is 0.353. The van der Waals surface area contributed by atoms with Gasteiger partial charge in [0.25, 0.3) is 0 Å². The molecule has 2 heterocycles. The molecule has 1 fully saturated rings. The van der Waals surface area contributed by atoms with Crippen LogP contribution in [0.5, 0.6) is 5.75 Å². The molecule has 0 aromatic heterocycles. The van der Waals surface area contributed by atoms with Crippen molar-refractivity contribution in [3.63, 3.8) is 0 Å². The smallest absolute Gasteiger partial charge is 0.404 e. The highest BCUT2D eigenvalue weighted by Crippen LogP contribution is 2.52. The zero-order chi connectivity index (χ0) is 32.4. The Labute approximate surface area is 276 Å². The van der Waals surface area contributed by atoms with E-state index in [1.807, 2.05) is 47.4 Å². The van der Waals surface area contributed by atoms with Crippen LogP contribution >= 0.6 is 31.0 Å². The first kappa shape index (κ1) is 31.3. The van der Waals surface area contributed by atoms with Crippen LogP contribution in [-0.2, 0) is 14.2 Å². The maximum absolute atomic E-state index is 14.4. The van der Waals surface area contributed by atoms with Gasteiger partial charge >= 0.3 is 7.82 Å². The first-order chi connectivity index (χ1) is 22.0. The summed E-state index contributed by atoms with van der Waals surface area (Å²) in [5.74, 6) is 0.236. The largest absolute Gasteiger partial charge is 0.524 e. The van der Waals surface area contributed by atoms with Gasteiger partial charge in [0.05, 0.1) is 11.1 Å². The van der Waals surface area contributed by atoms with Crippen molar-refractivity contribution < 1.29 is 28.5 Å². The van der Waals surface area contributed by atoms with Gasteiger partial charge in [0, 0.05) is 71.3 Å². The zero-order valence-electron chi connectivity index (χ0n) is 25.0. The molecule has 46 heavy (non-hydrogen) atoms. The summed E-state index contributed by atoms with van der Waals surface area (Å²) >= 11 is 12.8. The number of nitrogen functional groups attached to an aromatic ring is 1. The summed E-state index contributed by atoms with van der Waals surface area (Å²) in [6.07, 6.45) is 2.77. The van der Waals surface area contributed by atoms with Gasteiger partial charge in [0.1, 0.15) is 5.75 Å². The Morgan fingerprint density at radius 1 is 0.870 bits per heavy atom. The van der Waals surface area contributed by atoms with Gasteiger partial charge in [0.15, 0.2) is 0 Å². The third kappa shape index (κ3) is 5.13. The fourth-order valence-corrected chi connectivity index (χ4v) is 8.62. The average molecular weight is 683 g/mol. The lowest BCUT2D eigenvalue weighted by atomic mass is 9.65. The van der Waals surface area contributed by atoms with E-state index in [9.17, 15) is 23.9 Å². The standard InChI is InChI=1S/C34H34Cl2N3O6P/c35-16-20-18-38(28-15-29(45-46(42,43)44)23-7-2-4-9-25(23)32(20)28)30(40)10-13-34(11-5-12-34)33(41)39-19-21(17-36)31-24-8-3-1-6-22(24)26(37)14-27(31)39/h1-4,6-9,14-15,20-21H,5,10-13,16-19,37H2,(H2,42,43,44)/t20-,21-/m1/s1. The molecule has 1 aliphatic carbocycles. The number of benzene rings is 4. The molecule has 12 heteroatoms. The van der Waals surface area contributed by atoms with Gasteiger partial charge in [-0.15, -0.1) is 23.2 Å². The molecule has 0 radical (unpaired) electrons. The molecular formula is C34H34Cl2N3O6P. The molecule has 1 saturated carbocycles. The zero-order valence-corrected chi connectivity index (χ0v) is 27.4. The van der Waals surface area contributed by atoms with E-state index < -0.39 is 13.2 Å². The highest BCUT2D eigenvalue weighted by Gasteiger charge is 2.49. The molecular weight excluding hydrogens is 648 g/mol. The van der Waals surface area contributed by atoms with E-state index in [-0.39, 0.29) is 41.7 Å². The van der Waals surface area contributed by atoms with E-state index in [0.717, 1.165) is 39.4 Å². The molecule has 4 aromatic rings. The monoisotopic (exact) mass is 681 g/mol. The second-order valence-electron chi connectivity index (χ2n) is 12.6. The fourth-order valence-electron chi connectivity index (χ4n) is 7.71. The summed E-state index contributed by atoms with van der Waals surface area (Å²) < 4.78 is 16.9. The van der Waals surface area contributed by atoms with E-state index in [4.69, 9.17) is 33.5 Å². The van der Waals surface area contributed by atoms with Crippen LogP contribution < -0.4 is 20.1 Å². The summed E-state index contributed by atoms with van der Waals surface area (Å²) in [5, 5.41) is 3.20. The summed E-state index contributed by atoms with van der Waals surface area (Å²) in [6.45, 7) is 0.790. The number of alkyl halides is 2. The van der Waals surface area contributed by atoms with Crippen LogP contribution in [0.25, 0.3) is 21.5 Å². The van der Waals surface area contributed by atoms with Crippen LogP contribution in [0, 0.1) is 5.41 Å². The second-order valence-corrected chi connectivity index (χ2v) is 14.4. The SMILES string of the molecule is Nc1cc2c(c3ccccc13)[C@H](CCl)CN2C(=O)C1(CCC(=O)N2C[C@@H](CCl)c3c2cc(OP(=O)(O)O)c2ccccc32)CCC1. The number of phosphoric ester groups is 1. The Balaban J connectivity index is 1.17. The number of hydrogen-bond acceptors (Lipinski definition) is 5. The highest BCUT2D eigenvalue weighted by atomic mass is 35.5. The molecule has 4 N–H and O–H groups in total. The van der Waals surface area contributed by atoms with Crippen LogP contribution in [0.1, 0.15) is 55.1 Å². The number of carbonyl (C=O) groups is 2. The first-order valence-corrected chi connectivity index (χ1v) is 18.0. The van der Waals surface area contributed by atoms with Crippen LogP contribution in [0.3, 0.4) is 0 Å². The van der Waals surface area contributed by atoms with Crippen molar-refractivity contribution >= 4 is 81.4 Å². The highest BCUT2D eigenvalue weighted by molar-refractivity contribution is 7.46. The molecule has 0 saturated heterocycles. The molecule has 3 aliphatic rings. The van der Waals surface area contributed by atoms with Crippen LogP contribution in [0.15, 0.2) is 60.7 Å². The van der Waals surface area contributed by atoms with Crippen LogP contribution in [-0.4, -0.2) is 46.5 Å². The maximum atomic E-state index is 14.4. The molecule has 2 atom stereocenters. The third-order valence-corrected chi connectivity index (χ3v) is 11.2. The van der Waals surface area contributed by atoms with Gasteiger partial charge in [-0.1, -0.05) is 55.0 Å². The number of anilines is 3. The molecule has 2 aliphatic heterocycles. The van der Waals surface area contributed by atoms with Crippen molar-refractivity contribution in [3.8, 4) is 5.75 Å². The molecule has 2 amide bonds. The maximum Gasteiger partial charge on any atom is 0.524 e. The molecule has 240 valence electrons. The molecule has 0 spiro atoms. The Morgan fingerprint density at radius 3 is 1.98 bits per heavy atom. The lowest BCUT2D eigenvalue weighted by molar-refractivity contribution is -0.134. The Kier molecular flexibility index (Phi) is 7.97. The van der Waals surface area contributed by atoms with Crippen LogP contribution in [0.4, 0.5) is 17.1 Å². The van der Waals surface area contributed by atoms with Crippen molar-refractivity contribution in [3.05, 3.63) is 71.8 Å². The van der Waals surface area contributed by atoms with Gasteiger partial charge in [-0.05, 0) is 47.2 Å². The first-order valence-electron chi connectivity index (χ1n) is 15.4. The van der Waals surface area contributed by atoms with Crippen molar-refractivity contribution in [2.45, 2.75) is 43.9 Å². The molecule has 0 bridgehead atoms. The molecule has 0 unspecified atom stereocenters. The normalized spacial score (nSPS) is 20.1. The predicted octanol–water partition coefficient (Wildman–Crippen LogP) is 7.04. The number of rotatable bonds is 8. The minimum Gasteiger partial charge on any atom is -0.404 e. The van der Waals surface area contributed by atoms with Gasteiger partial charge in [-0.3, -0.25) is 19.4 Å². The summed E-state index contributed by atoms with van der Waals surface area (Å²) in [6, 6.07) is 18.5. The van der Waals surface area contributed by atoms with E-state index in [2.05, 4.69) is 0 Å². The number of halogens is 2. The number of phosphoric acid groups is 1. The Hall–Kier alpha value is -3.33. The van der Waals surface area contributed by atoms with Crippen molar-refractivity contribution in [1.82, 2.24) is 0 Å². The van der Waals surface area contributed by atoms with E-state index in [0.29, 0.717) is 55.0 Å². The van der Waals surface area contributed by atoms with Gasteiger partial charge in [0.2, 0.25) is 11.8 Å². The lowest BCUT2D eigenvalue weighted by Crippen LogP contribution is -2.48. The van der Waals surface area contributed by atoms with E-state index >= 15 is 0 Å². The Bertz CT molecular complexity index is 1940. The van der Waals surface area contributed by atoms with Crippen molar-refractivity contribution in [1.29, 1.82) is 0 Å². The van der Waals surface area contributed by atoms with Gasteiger partial charge in [-0.25, -0.2) is 4.57 Å². The number of nitrogens with two attached hydrogens (primary N) is 1. The van der Waals surface area contributed by atoms with Crippen molar-refractivity contribution in [2.24, 2.45) is 5.41 Å². The van der Waals surface area contributed by atoms with E-state index in [1.165, 1.54) is 6.07 Å². The number of nitrogens with zero attached hydrogens (tertiary/aromatic N) is 2. The van der Waals surface area contributed by atoms with Crippen molar-refractivity contribution in [2.75, 3.05) is 40.4 Å². The van der Waals surface area contributed by atoms with Gasteiger partial charge in [-0.2, -0.15) is 0 Å². The molecule has 7 rings (SSSR count). The summed E-state index contributed by atoms with van der Waals surface area (Å²) in [4.78, 5) is 51.0.